The van der Waals surface area contributed by atoms with Gasteiger partial charge in [0.15, 0.2) is 0 Å². The number of carbonyl (C=O) groups is 1. The van der Waals surface area contributed by atoms with Gasteiger partial charge in [-0.25, -0.2) is 0 Å². The summed E-state index contributed by atoms with van der Waals surface area (Å²) in [5.41, 5.74) is 1.14. The lowest BCUT2D eigenvalue weighted by Crippen LogP contribution is -2.49. The SMILES string of the molecule is CC(N[C@H]1CCC[C@@H]1OCc1ccccc1)C(=O)N1CCS/C1=C\[N+](=O)[O-]. The van der Waals surface area contributed by atoms with E-state index in [1.807, 2.05) is 37.3 Å². The highest BCUT2D eigenvalue weighted by Crippen LogP contribution is 2.29. The topological polar surface area (TPSA) is 84.7 Å². The van der Waals surface area contributed by atoms with Crippen molar-refractivity contribution in [1.82, 2.24) is 10.2 Å². The third-order valence-electron chi connectivity index (χ3n) is 4.91. The van der Waals surface area contributed by atoms with E-state index in [1.54, 1.807) is 0 Å². The van der Waals surface area contributed by atoms with Gasteiger partial charge >= 0.3 is 0 Å². The quantitative estimate of drug-likeness (QED) is 0.568. The monoisotopic (exact) mass is 391 g/mol. The van der Waals surface area contributed by atoms with E-state index in [0.29, 0.717) is 23.9 Å². The zero-order valence-electron chi connectivity index (χ0n) is 15.4. The summed E-state index contributed by atoms with van der Waals surface area (Å²) in [5, 5.41) is 14.6. The van der Waals surface area contributed by atoms with Gasteiger partial charge in [0.25, 0.3) is 6.20 Å². The molecule has 146 valence electrons. The molecule has 3 rings (SSSR count). The molecule has 2 aliphatic rings. The molecule has 8 heteroatoms. The van der Waals surface area contributed by atoms with Crippen molar-refractivity contribution in [3.8, 4) is 0 Å². The first-order chi connectivity index (χ1) is 13.0. The fourth-order valence-electron chi connectivity index (χ4n) is 3.57. The van der Waals surface area contributed by atoms with Crippen molar-refractivity contribution in [2.75, 3.05) is 12.3 Å². The van der Waals surface area contributed by atoms with Crippen LogP contribution >= 0.6 is 11.8 Å². The van der Waals surface area contributed by atoms with Crippen LogP contribution in [0.3, 0.4) is 0 Å². The molecular weight excluding hydrogens is 366 g/mol. The van der Waals surface area contributed by atoms with Crippen LogP contribution in [0, 0.1) is 10.1 Å². The van der Waals surface area contributed by atoms with Crippen molar-refractivity contribution in [3.63, 3.8) is 0 Å². The maximum Gasteiger partial charge on any atom is 0.264 e. The van der Waals surface area contributed by atoms with Crippen LogP contribution in [0.25, 0.3) is 0 Å². The molecule has 1 heterocycles. The first kappa shape index (κ1) is 19.9. The zero-order valence-corrected chi connectivity index (χ0v) is 16.2. The molecule has 0 spiro atoms. The van der Waals surface area contributed by atoms with Crippen molar-refractivity contribution < 1.29 is 14.5 Å². The van der Waals surface area contributed by atoms with Crippen LogP contribution in [0.4, 0.5) is 0 Å². The molecule has 7 nitrogen and oxygen atoms in total. The number of thioether (sulfide) groups is 1. The molecule has 0 bridgehead atoms. The Kier molecular flexibility index (Phi) is 6.87. The summed E-state index contributed by atoms with van der Waals surface area (Å²) in [4.78, 5) is 24.5. The van der Waals surface area contributed by atoms with E-state index in [-0.39, 0.29) is 18.1 Å². The summed E-state index contributed by atoms with van der Waals surface area (Å²) in [7, 11) is 0. The number of benzene rings is 1. The van der Waals surface area contributed by atoms with Gasteiger partial charge in [-0.05, 0) is 31.7 Å². The number of hydrogen-bond acceptors (Lipinski definition) is 6. The Hall–Kier alpha value is -1.90. The van der Waals surface area contributed by atoms with Gasteiger partial charge in [0.05, 0.1) is 23.7 Å². The van der Waals surface area contributed by atoms with Crippen LogP contribution in [0.2, 0.25) is 0 Å². The summed E-state index contributed by atoms with van der Waals surface area (Å²) >= 11 is 1.35. The highest BCUT2D eigenvalue weighted by molar-refractivity contribution is 8.03. The Bertz CT molecular complexity index is 697. The van der Waals surface area contributed by atoms with Crippen LogP contribution in [0.5, 0.6) is 0 Å². The van der Waals surface area contributed by atoms with E-state index in [9.17, 15) is 14.9 Å². The lowest BCUT2D eigenvalue weighted by molar-refractivity contribution is -0.403. The summed E-state index contributed by atoms with van der Waals surface area (Å²) in [6.45, 7) is 2.89. The number of nitro groups is 1. The van der Waals surface area contributed by atoms with E-state index < -0.39 is 11.0 Å². The lowest BCUT2D eigenvalue weighted by atomic mass is 10.1. The fourth-order valence-corrected chi connectivity index (χ4v) is 4.55. The predicted octanol–water partition coefficient (Wildman–Crippen LogP) is 2.75. The number of nitrogens with zero attached hydrogens (tertiary/aromatic N) is 2. The van der Waals surface area contributed by atoms with Gasteiger partial charge in [-0.1, -0.05) is 30.3 Å². The molecule has 1 aliphatic carbocycles. The molecule has 1 unspecified atom stereocenters. The number of carbonyl (C=O) groups excluding carboxylic acids is 1. The average molecular weight is 391 g/mol. The van der Waals surface area contributed by atoms with Crippen molar-refractivity contribution in [3.05, 3.63) is 57.2 Å². The highest BCUT2D eigenvalue weighted by atomic mass is 32.2. The molecule has 0 aromatic heterocycles. The standard InChI is InChI=1S/C19H25N3O4S/c1-14(19(23)21-10-11-27-18(21)12-22(24)25)20-16-8-5-9-17(16)26-13-15-6-3-2-4-7-15/h2-4,6-7,12,14,16-17,20H,5,8-11,13H2,1H3/b18-12-/t14?,16-,17-/m0/s1. The third kappa shape index (κ3) is 5.31. The molecule has 2 fully saturated rings. The number of nitrogens with one attached hydrogen (secondary N) is 1. The van der Waals surface area contributed by atoms with Crippen LogP contribution in [0.1, 0.15) is 31.7 Å². The van der Waals surface area contributed by atoms with E-state index in [2.05, 4.69) is 5.32 Å². The molecule has 1 amide bonds. The first-order valence-corrected chi connectivity index (χ1v) is 10.2. The Labute approximate surface area is 163 Å². The van der Waals surface area contributed by atoms with Gasteiger partial charge in [-0.3, -0.25) is 19.8 Å². The van der Waals surface area contributed by atoms with Gasteiger partial charge in [0.2, 0.25) is 5.91 Å². The van der Waals surface area contributed by atoms with Gasteiger partial charge in [-0.15, -0.1) is 11.8 Å². The molecule has 1 aliphatic heterocycles. The summed E-state index contributed by atoms with van der Waals surface area (Å²) < 4.78 is 6.09. The number of hydrogen-bond donors (Lipinski definition) is 1. The maximum atomic E-state index is 12.8. The smallest absolute Gasteiger partial charge is 0.264 e. The summed E-state index contributed by atoms with van der Waals surface area (Å²) in [6.07, 6.45) is 3.98. The van der Waals surface area contributed by atoms with Gasteiger partial charge in [0, 0.05) is 18.3 Å². The predicted molar refractivity (Wildman–Crippen MR) is 105 cm³/mol. The number of ether oxygens (including phenoxy) is 1. The maximum absolute atomic E-state index is 12.8. The van der Waals surface area contributed by atoms with Crippen molar-refractivity contribution in [2.45, 2.75) is 51.0 Å². The molecule has 1 saturated heterocycles. The minimum atomic E-state index is -0.504. The molecular formula is C19H25N3O4S. The first-order valence-electron chi connectivity index (χ1n) is 9.25. The molecule has 1 aromatic carbocycles. The largest absolute Gasteiger partial charge is 0.372 e. The van der Waals surface area contributed by atoms with Gasteiger partial charge < -0.3 is 10.1 Å². The van der Waals surface area contributed by atoms with Crippen LogP contribution in [-0.4, -0.2) is 46.2 Å². The van der Waals surface area contributed by atoms with E-state index in [0.717, 1.165) is 31.0 Å². The highest BCUT2D eigenvalue weighted by Gasteiger charge is 2.34. The van der Waals surface area contributed by atoms with Crippen LogP contribution in [-0.2, 0) is 16.1 Å². The fraction of sp³-hybridized carbons (Fsp3) is 0.526. The second kappa shape index (κ2) is 9.34. The molecule has 1 aromatic rings. The second-order valence-electron chi connectivity index (χ2n) is 6.85. The van der Waals surface area contributed by atoms with Crippen molar-refractivity contribution >= 4 is 17.7 Å². The van der Waals surface area contributed by atoms with E-state index in [1.165, 1.54) is 16.7 Å². The molecule has 27 heavy (non-hydrogen) atoms. The Morgan fingerprint density at radius 1 is 1.44 bits per heavy atom. The Balaban J connectivity index is 1.55. The van der Waals surface area contributed by atoms with Crippen LogP contribution < -0.4 is 5.32 Å². The molecule has 1 N–H and O–H groups in total. The average Bonchev–Trinajstić information content (AvgIpc) is 3.29. The third-order valence-corrected chi connectivity index (χ3v) is 5.91. The lowest BCUT2D eigenvalue weighted by Gasteiger charge is -2.27. The Morgan fingerprint density at radius 3 is 2.96 bits per heavy atom. The second-order valence-corrected chi connectivity index (χ2v) is 7.97. The number of amides is 1. The summed E-state index contributed by atoms with van der Waals surface area (Å²) in [6, 6.07) is 9.75. The Morgan fingerprint density at radius 2 is 2.22 bits per heavy atom. The molecule has 0 radical (unpaired) electrons. The molecule has 3 atom stereocenters. The summed E-state index contributed by atoms with van der Waals surface area (Å²) in [5.74, 6) is 0.562. The minimum Gasteiger partial charge on any atom is -0.372 e. The van der Waals surface area contributed by atoms with Crippen molar-refractivity contribution in [1.29, 1.82) is 0 Å². The zero-order chi connectivity index (χ0) is 19.2. The van der Waals surface area contributed by atoms with Gasteiger partial charge in [-0.2, -0.15) is 0 Å². The molecule has 1 saturated carbocycles. The normalized spacial score (nSPS) is 25.1. The van der Waals surface area contributed by atoms with Gasteiger partial charge in [0.1, 0.15) is 5.03 Å². The van der Waals surface area contributed by atoms with Crippen LogP contribution in [0.15, 0.2) is 41.6 Å². The van der Waals surface area contributed by atoms with E-state index >= 15 is 0 Å². The van der Waals surface area contributed by atoms with E-state index in [4.69, 9.17) is 4.74 Å². The minimum absolute atomic E-state index is 0.0715. The number of rotatable bonds is 7. The van der Waals surface area contributed by atoms with Crippen molar-refractivity contribution in [2.24, 2.45) is 0 Å².